The summed E-state index contributed by atoms with van der Waals surface area (Å²) in [5, 5.41) is 0. The van der Waals surface area contributed by atoms with Gasteiger partial charge < -0.3 is 9.64 Å². The summed E-state index contributed by atoms with van der Waals surface area (Å²) < 4.78 is 5.60. The van der Waals surface area contributed by atoms with Gasteiger partial charge in [-0.1, -0.05) is 38.1 Å². The second-order valence-electron chi connectivity index (χ2n) is 8.04. The van der Waals surface area contributed by atoms with Crippen LogP contribution in [0.25, 0.3) is 5.70 Å². The maximum atomic E-state index is 12.5. The summed E-state index contributed by atoms with van der Waals surface area (Å²) in [7, 11) is 4.17. The summed E-state index contributed by atoms with van der Waals surface area (Å²) in [4.78, 5) is 14.7. The van der Waals surface area contributed by atoms with Gasteiger partial charge in [-0.15, -0.1) is 0 Å². The topological polar surface area (TPSA) is 29.5 Å². The molecule has 1 aromatic rings. The molecule has 3 heteroatoms. The quantitative estimate of drug-likeness (QED) is 0.761. The number of esters is 1. The number of carbonyl (C=O) groups is 1. The molecule has 0 amide bonds. The van der Waals surface area contributed by atoms with Crippen LogP contribution in [-0.4, -0.2) is 30.6 Å². The molecule has 3 nitrogen and oxygen atoms in total. The van der Waals surface area contributed by atoms with Crippen molar-refractivity contribution in [1.82, 2.24) is 4.90 Å². The second kappa shape index (κ2) is 7.00. The number of nitrogens with zero attached hydrogens (tertiary/aromatic N) is 1. The molecule has 2 rings (SSSR count). The molecule has 0 fully saturated rings. The number of rotatable bonds is 4. The Labute approximate surface area is 146 Å². The molecule has 0 heterocycles. The highest BCUT2D eigenvalue weighted by Gasteiger charge is 2.31. The second-order valence-corrected chi connectivity index (χ2v) is 8.04. The van der Waals surface area contributed by atoms with E-state index in [1.165, 1.54) is 22.4 Å². The van der Waals surface area contributed by atoms with Crippen LogP contribution in [0, 0.1) is 11.8 Å². The normalized spacial score (nSPS) is 17.1. The van der Waals surface area contributed by atoms with Gasteiger partial charge in [0.05, 0.1) is 5.92 Å². The van der Waals surface area contributed by atoms with E-state index in [-0.39, 0.29) is 17.8 Å². The van der Waals surface area contributed by atoms with Crippen LogP contribution < -0.4 is 0 Å². The molecular weight excluding hydrogens is 298 g/mol. The summed E-state index contributed by atoms with van der Waals surface area (Å²) in [6, 6.07) is 8.59. The lowest BCUT2D eigenvalue weighted by Crippen LogP contribution is -2.32. The Kier molecular flexibility index (Phi) is 5.42. The molecule has 0 aromatic heterocycles. The average Bonchev–Trinajstić information content (AvgIpc) is 2.50. The smallest absolute Gasteiger partial charge is 0.309 e. The van der Waals surface area contributed by atoms with Crippen LogP contribution in [0.5, 0.6) is 0 Å². The predicted molar refractivity (Wildman–Crippen MR) is 99.5 cm³/mol. The Morgan fingerprint density at radius 2 is 1.75 bits per heavy atom. The van der Waals surface area contributed by atoms with Crippen molar-refractivity contribution in [3.63, 3.8) is 0 Å². The summed E-state index contributed by atoms with van der Waals surface area (Å²) in [5.41, 5.74) is 4.87. The third kappa shape index (κ3) is 4.00. The minimum Gasteiger partial charge on any atom is -0.460 e. The monoisotopic (exact) mass is 329 g/mol. The van der Waals surface area contributed by atoms with Crippen molar-refractivity contribution in [3.8, 4) is 0 Å². The van der Waals surface area contributed by atoms with Gasteiger partial charge >= 0.3 is 5.97 Å². The molecule has 1 aliphatic rings. The molecule has 24 heavy (non-hydrogen) atoms. The van der Waals surface area contributed by atoms with Crippen LogP contribution >= 0.6 is 0 Å². The van der Waals surface area contributed by atoms with Crippen LogP contribution in [0.4, 0.5) is 0 Å². The Morgan fingerprint density at radius 3 is 2.33 bits per heavy atom. The molecule has 0 aliphatic heterocycles. The highest BCUT2D eigenvalue weighted by atomic mass is 16.6. The molecule has 132 valence electrons. The van der Waals surface area contributed by atoms with Gasteiger partial charge in [-0.25, -0.2) is 0 Å². The number of aryl methyl sites for hydroxylation is 1. The first-order valence-electron chi connectivity index (χ1n) is 8.83. The molecule has 1 aromatic carbocycles. The highest BCUT2D eigenvalue weighted by molar-refractivity contribution is 5.76. The third-order valence-electron chi connectivity index (χ3n) is 4.77. The van der Waals surface area contributed by atoms with Gasteiger partial charge in [0.25, 0.3) is 0 Å². The van der Waals surface area contributed by atoms with E-state index in [2.05, 4.69) is 50.2 Å². The Hall–Kier alpha value is -1.77. The van der Waals surface area contributed by atoms with E-state index in [0.29, 0.717) is 0 Å². The molecular formula is C21H31NO2. The highest BCUT2D eigenvalue weighted by Crippen LogP contribution is 2.38. The first-order valence-corrected chi connectivity index (χ1v) is 8.83. The fourth-order valence-electron chi connectivity index (χ4n) is 3.40. The van der Waals surface area contributed by atoms with Crippen molar-refractivity contribution >= 4 is 11.7 Å². The van der Waals surface area contributed by atoms with Crippen molar-refractivity contribution in [2.24, 2.45) is 11.8 Å². The fourth-order valence-corrected chi connectivity index (χ4v) is 3.40. The van der Waals surface area contributed by atoms with Gasteiger partial charge in [0.15, 0.2) is 0 Å². The third-order valence-corrected chi connectivity index (χ3v) is 4.77. The standard InChI is InChI=1S/C21H31NO2/c1-14(15(2)20(23)24-21(3,4)5)17-13-12-16-10-8-9-11-18(16)19(17)22(6)7/h8-11,14-15H,12-13H2,1-7H3/t14-,15+/m0/s1. The van der Waals surface area contributed by atoms with E-state index in [4.69, 9.17) is 4.74 Å². The van der Waals surface area contributed by atoms with Gasteiger partial charge in [0.2, 0.25) is 0 Å². The number of hydrogen-bond acceptors (Lipinski definition) is 3. The van der Waals surface area contributed by atoms with E-state index in [1.807, 2.05) is 27.7 Å². The molecule has 0 N–H and O–H groups in total. The molecule has 0 radical (unpaired) electrons. The van der Waals surface area contributed by atoms with Crippen molar-refractivity contribution < 1.29 is 9.53 Å². The number of hydrogen-bond donors (Lipinski definition) is 0. The van der Waals surface area contributed by atoms with Gasteiger partial charge in [0.1, 0.15) is 5.60 Å². The lowest BCUT2D eigenvalue weighted by Gasteiger charge is -2.33. The van der Waals surface area contributed by atoms with Crippen LogP contribution in [0.1, 0.15) is 52.2 Å². The SMILES string of the molecule is C[C@H](C1=C(N(C)C)c2ccccc2CC1)[C@@H](C)C(=O)OC(C)(C)C. The van der Waals surface area contributed by atoms with Crippen LogP contribution in [0.3, 0.4) is 0 Å². The van der Waals surface area contributed by atoms with Crippen molar-refractivity contribution in [2.75, 3.05) is 14.1 Å². The molecule has 0 unspecified atom stereocenters. The number of ether oxygens (including phenoxy) is 1. The number of benzene rings is 1. The van der Waals surface area contributed by atoms with E-state index in [0.717, 1.165) is 12.8 Å². The van der Waals surface area contributed by atoms with Gasteiger partial charge in [-0.3, -0.25) is 4.79 Å². The van der Waals surface area contributed by atoms with E-state index < -0.39 is 5.60 Å². The van der Waals surface area contributed by atoms with Gasteiger partial charge in [-0.05, 0) is 50.7 Å². The first kappa shape index (κ1) is 18.6. The first-order chi connectivity index (χ1) is 11.1. The molecule has 0 saturated carbocycles. The zero-order chi connectivity index (χ0) is 18.1. The van der Waals surface area contributed by atoms with E-state index >= 15 is 0 Å². The average molecular weight is 329 g/mol. The summed E-state index contributed by atoms with van der Waals surface area (Å²) in [6.45, 7) is 9.90. The minimum absolute atomic E-state index is 0.112. The van der Waals surface area contributed by atoms with E-state index in [9.17, 15) is 4.79 Å². The Bertz CT molecular complexity index is 637. The van der Waals surface area contributed by atoms with Crippen molar-refractivity contribution in [1.29, 1.82) is 0 Å². The zero-order valence-electron chi connectivity index (χ0n) is 16.1. The minimum atomic E-state index is -0.441. The summed E-state index contributed by atoms with van der Waals surface area (Å²) in [5.74, 6) is -0.107. The largest absolute Gasteiger partial charge is 0.460 e. The zero-order valence-corrected chi connectivity index (χ0v) is 16.1. The molecule has 1 aliphatic carbocycles. The van der Waals surface area contributed by atoms with E-state index in [1.54, 1.807) is 0 Å². The number of allylic oxidation sites excluding steroid dienone is 1. The lowest BCUT2D eigenvalue weighted by atomic mass is 9.79. The Balaban J connectivity index is 2.36. The summed E-state index contributed by atoms with van der Waals surface area (Å²) in [6.07, 6.45) is 2.03. The fraction of sp³-hybridized carbons (Fsp3) is 0.571. The molecule has 2 atom stereocenters. The number of carbonyl (C=O) groups excluding carboxylic acids is 1. The lowest BCUT2D eigenvalue weighted by molar-refractivity contribution is -0.160. The summed E-state index contributed by atoms with van der Waals surface area (Å²) >= 11 is 0. The van der Waals surface area contributed by atoms with Crippen LogP contribution in [0.2, 0.25) is 0 Å². The maximum Gasteiger partial charge on any atom is 0.309 e. The Morgan fingerprint density at radius 1 is 1.12 bits per heavy atom. The van der Waals surface area contributed by atoms with Crippen LogP contribution in [0.15, 0.2) is 29.8 Å². The van der Waals surface area contributed by atoms with Crippen molar-refractivity contribution in [3.05, 3.63) is 41.0 Å². The number of fused-ring (bicyclic) bond motifs is 1. The molecule has 0 spiro atoms. The van der Waals surface area contributed by atoms with Crippen LogP contribution in [-0.2, 0) is 16.0 Å². The van der Waals surface area contributed by atoms with Crippen molar-refractivity contribution in [2.45, 2.75) is 53.1 Å². The molecule has 0 bridgehead atoms. The van der Waals surface area contributed by atoms with Gasteiger partial charge in [0, 0.05) is 25.4 Å². The molecule has 0 saturated heterocycles. The maximum absolute atomic E-state index is 12.5. The predicted octanol–water partition coefficient (Wildman–Crippen LogP) is 4.52. The van der Waals surface area contributed by atoms with Gasteiger partial charge in [-0.2, -0.15) is 0 Å².